The van der Waals surface area contributed by atoms with Crippen LogP contribution in [0.3, 0.4) is 0 Å². The number of aromatic nitrogens is 1. The predicted octanol–water partition coefficient (Wildman–Crippen LogP) is 2.71. The van der Waals surface area contributed by atoms with Crippen molar-refractivity contribution in [3.63, 3.8) is 0 Å². The molecule has 2 heteroatoms. The van der Waals surface area contributed by atoms with E-state index in [-0.39, 0.29) is 0 Å². The standard InChI is InChI=1S/C9H8NS/c1-6-3-8-9(4-7(6)2)11-5-10-8/h3-4H,1-2H3. The van der Waals surface area contributed by atoms with Crippen LogP contribution in [0.4, 0.5) is 0 Å². The third-order valence-electron chi connectivity index (χ3n) is 1.90. The predicted molar refractivity (Wildman–Crippen MR) is 47.9 cm³/mol. The first kappa shape index (κ1) is 6.80. The van der Waals surface area contributed by atoms with Gasteiger partial charge in [0.1, 0.15) is 0 Å². The van der Waals surface area contributed by atoms with Gasteiger partial charge in [-0.15, -0.1) is 11.3 Å². The summed E-state index contributed by atoms with van der Waals surface area (Å²) in [7, 11) is 0. The van der Waals surface area contributed by atoms with Crippen molar-refractivity contribution in [1.29, 1.82) is 0 Å². The molecule has 1 aromatic carbocycles. The van der Waals surface area contributed by atoms with Crippen LogP contribution in [0.15, 0.2) is 12.1 Å². The van der Waals surface area contributed by atoms with E-state index in [1.165, 1.54) is 15.8 Å². The molecule has 0 unspecified atom stereocenters. The molecule has 0 fully saturated rings. The summed E-state index contributed by atoms with van der Waals surface area (Å²) in [6.07, 6.45) is 0. The minimum Gasteiger partial charge on any atom is -0.233 e. The summed E-state index contributed by atoms with van der Waals surface area (Å²) in [6.45, 7) is 4.22. The highest BCUT2D eigenvalue weighted by atomic mass is 32.1. The lowest BCUT2D eigenvalue weighted by Crippen LogP contribution is -1.78. The number of hydrogen-bond donors (Lipinski definition) is 0. The third kappa shape index (κ3) is 1.03. The van der Waals surface area contributed by atoms with E-state index in [4.69, 9.17) is 0 Å². The smallest absolute Gasteiger partial charge is 0.153 e. The summed E-state index contributed by atoms with van der Waals surface area (Å²) >= 11 is 1.57. The van der Waals surface area contributed by atoms with Gasteiger partial charge in [0, 0.05) is 0 Å². The van der Waals surface area contributed by atoms with Gasteiger partial charge in [-0.05, 0) is 37.1 Å². The van der Waals surface area contributed by atoms with Gasteiger partial charge in [0.2, 0.25) is 0 Å². The lowest BCUT2D eigenvalue weighted by molar-refractivity contribution is 1.35. The number of thiazole rings is 1. The molecular formula is C9H8NS. The molecule has 11 heavy (non-hydrogen) atoms. The molecule has 0 N–H and O–H groups in total. The normalized spacial score (nSPS) is 10.7. The van der Waals surface area contributed by atoms with Crippen molar-refractivity contribution in [3.8, 4) is 0 Å². The first-order valence-corrected chi connectivity index (χ1v) is 4.33. The van der Waals surface area contributed by atoms with Crippen molar-refractivity contribution >= 4 is 21.6 Å². The van der Waals surface area contributed by atoms with Crippen LogP contribution in [0.2, 0.25) is 0 Å². The van der Waals surface area contributed by atoms with Crippen LogP contribution in [0.1, 0.15) is 11.1 Å². The second kappa shape index (κ2) is 2.31. The second-order valence-corrected chi connectivity index (χ2v) is 3.54. The Kier molecular flexibility index (Phi) is 1.43. The maximum absolute atomic E-state index is 4.11. The van der Waals surface area contributed by atoms with Gasteiger partial charge in [0.15, 0.2) is 5.51 Å². The molecule has 1 heterocycles. The summed E-state index contributed by atoms with van der Waals surface area (Å²) in [5.41, 5.74) is 6.58. The molecule has 2 rings (SSSR count). The first-order chi connectivity index (χ1) is 5.27. The first-order valence-electron chi connectivity index (χ1n) is 3.51. The van der Waals surface area contributed by atoms with Crippen molar-refractivity contribution < 1.29 is 0 Å². The molecule has 0 spiro atoms. The van der Waals surface area contributed by atoms with Crippen molar-refractivity contribution in [3.05, 3.63) is 28.8 Å². The van der Waals surface area contributed by atoms with Gasteiger partial charge in [0.25, 0.3) is 0 Å². The molecule has 0 bridgehead atoms. The Balaban J connectivity index is 2.86. The van der Waals surface area contributed by atoms with Gasteiger partial charge in [-0.25, -0.2) is 4.98 Å². The fourth-order valence-corrected chi connectivity index (χ4v) is 1.75. The Morgan fingerprint density at radius 1 is 1.27 bits per heavy atom. The number of fused-ring (bicyclic) bond motifs is 1. The number of benzene rings is 1. The molecule has 0 atom stereocenters. The molecule has 0 amide bonds. The summed E-state index contributed by atoms with van der Waals surface area (Å²) < 4.78 is 1.23. The number of hydrogen-bond acceptors (Lipinski definition) is 2. The maximum Gasteiger partial charge on any atom is 0.153 e. The highest BCUT2D eigenvalue weighted by molar-refractivity contribution is 7.16. The van der Waals surface area contributed by atoms with E-state index in [0.717, 1.165) is 5.52 Å². The summed E-state index contributed by atoms with van der Waals surface area (Å²) in [5.74, 6) is 0. The van der Waals surface area contributed by atoms with E-state index < -0.39 is 0 Å². The Bertz CT molecular complexity index is 353. The van der Waals surface area contributed by atoms with Gasteiger partial charge in [-0.1, -0.05) is 0 Å². The SMILES string of the molecule is Cc1cc2n[c]sc2cc1C. The van der Waals surface area contributed by atoms with E-state index in [0.29, 0.717) is 0 Å². The molecule has 1 nitrogen and oxygen atoms in total. The molecule has 0 saturated carbocycles. The van der Waals surface area contributed by atoms with Gasteiger partial charge in [-0.2, -0.15) is 0 Å². The van der Waals surface area contributed by atoms with Gasteiger partial charge < -0.3 is 0 Å². The minimum atomic E-state index is 1.07. The van der Waals surface area contributed by atoms with Crippen molar-refractivity contribution in [1.82, 2.24) is 4.98 Å². The highest BCUT2D eigenvalue weighted by Gasteiger charge is 1.98. The van der Waals surface area contributed by atoms with Crippen molar-refractivity contribution in [2.24, 2.45) is 0 Å². The van der Waals surface area contributed by atoms with Crippen LogP contribution in [0.5, 0.6) is 0 Å². The van der Waals surface area contributed by atoms with Crippen LogP contribution in [0.25, 0.3) is 10.2 Å². The molecule has 1 aromatic heterocycles. The fourth-order valence-electron chi connectivity index (χ4n) is 1.06. The summed E-state index contributed by atoms with van der Waals surface area (Å²) in [4.78, 5) is 4.11. The summed E-state index contributed by atoms with van der Waals surface area (Å²) in [5, 5.41) is 0. The third-order valence-corrected chi connectivity index (χ3v) is 2.63. The number of rotatable bonds is 0. The Labute approximate surface area is 69.7 Å². The molecular weight excluding hydrogens is 154 g/mol. The maximum atomic E-state index is 4.11. The van der Waals surface area contributed by atoms with Gasteiger partial charge in [-0.3, -0.25) is 0 Å². The minimum absolute atomic E-state index is 1.07. The van der Waals surface area contributed by atoms with Crippen LogP contribution < -0.4 is 0 Å². The zero-order valence-corrected chi connectivity index (χ0v) is 7.33. The van der Waals surface area contributed by atoms with Crippen molar-refractivity contribution in [2.45, 2.75) is 13.8 Å². The van der Waals surface area contributed by atoms with Crippen LogP contribution in [-0.2, 0) is 0 Å². The molecule has 55 valence electrons. The average molecular weight is 162 g/mol. The van der Waals surface area contributed by atoms with Crippen LogP contribution in [-0.4, -0.2) is 4.98 Å². The van der Waals surface area contributed by atoms with Crippen molar-refractivity contribution in [2.75, 3.05) is 0 Å². The molecule has 1 radical (unpaired) electrons. The molecule has 0 aliphatic heterocycles. The molecule has 0 saturated heterocycles. The quantitative estimate of drug-likeness (QED) is 0.580. The van der Waals surface area contributed by atoms with Gasteiger partial charge in [0.05, 0.1) is 10.2 Å². The van der Waals surface area contributed by atoms with Crippen LogP contribution in [0, 0.1) is 19.4 Å². The molecule has 0 aliphatic rings. The monoisotopic (exact) mass is 162 g/mol. The molecule has 2 aromatic rings. The summed E-state index contributed by atoms with van der Waals surface area (Å²) in [6, 6.07) is 4.27. The topological polar surface area (TPSA) is 12.9 Å². The van der Waals surface area contributed by atoms with E-state index >= 15 is 0 Å². The fraction of sp³-hybridized carbons (Fsp3) is 0.222. The number of aryl methyl sites for hydroxylation is 2. The Hall–Kier alpha value is -0.890. The van der Waals surface area contributed by atoms with E-state index in [2.05, 4.69) is 36.5 Å². The Morgan fingerprint density at radius 2 is 2.00 bits per heavy atom. The number of nitrogens with zero attached hydrogens (tertiary/aromatic N) is 1. The van der Waals surface area contributed by atoms with Gasteiger partial charge >= 0.3 is 0 Å². The average Bonchev–Trinajstić information content (AvgIpc) is 2.36. The van der Waals surface area contributed by atoms with E-state index in [1.807, 2.05) is 0 Å². The second-order valence-electron chi connectivity index (χ2n) is 2.71. The zero-order chi connectivity index (χ0) is 7.84. The Morgan fingerprint density at radius 3 is 2.82 bits per heavy atom. The van der Waals surface area contributed by atoms with E-state index in [1.54, 1.807) is 11.3 Å². The van der Waals surface area contributed by atoms with E-state index in [9.17, 15) is 0 Å². The lowest BCUT2D eigenvalue weighted by Gasteiger charge is -1.96. The molecule has 0 aliphatic carbocycles. The zero-order valence-electron chi connectivity index (χ0n) is 6.51. The lowest BCUT2D eigenvalue weighted by atomic mass is 10.1. The van der Waals surface area contributed by atoms with Crippen LogP contribution >= 0.6 is 11.3 Å². The largest absolute Gasteiger partial charge is 0.233 e. The highest BCUT2D eigenvalue weighted by Crippen LogP contribution is 2.20.